The molecule has 406 valence electrons. The molecular weight excluding hydrogens is 861 g/mol. The molecule has 0 fully saturated rings. The molecule has 0 saturated heterocycles. The van der Waals surface area contributed by atoms with Gasteiger partial charge in [0.15, 0.2) is 6.10 Å². The molecule has 5 heteroatoms. The second kappa shape index (κ2) is 60.6. The smallest absolute Gasteiger partial charge is 0.306 e. The van der Waals surface area contributed by atoms with Gasteiger partial charge in [-0.25, -0.2) is 0 Å². The Morgan fingerprint density at radius 1 is 0.343 bits per heavy atom. The first-order valence-corrected chi connectivity index (χ1v) is 30.5. The van der Waals surface area contributed by atoms with Crippen LogP contribution in [0, 0.1) is 0 Å². The lowest BCUT2D eigenvalue weighted by molar-refractivity contribution is -0.161. The molecule has 0 spiro atoms. The molecule has 0 aromatic heterocycles. The molecule has 0 aromatic carbocycles. The highest BCUT2D eigenvalue weighted by molar-refractivity contribution is 5.70. The highest BCUT2D eigenvalue weighted by Gasteiger charge is 2.16. The van der Waals surface area contributed by atoms with E-state index < -0.39 is 6.10 Å². The lowest BCUT2D eigenvalue weighted by Crippen LogP contribution is -2.28. The van der Waals surface area contributed by atoms with E-state index in [4.69, 9.17) is 9.47 Å². The van der Waals surface area contributed by atoms with Crippen LogP contribution in [0.2, 0.25) is 0 Å². The first-order chi connectivity index (χ1) is 34.6. The Hall–Kier alpha value is -2.66. The number of hydrogen-bond acceptors (Lipinski definition) is 5. The summed E-state index contributed by atoms with van der Waals surface area (Å²) in [4.78, 5) is 24.6. The summed E-state index contributed by atoms with van der Waals surface area (Å²) in [5.41, 5.74) is 0. The van der Waals surface area contributed by atoms with Crippen molar-refractivity contribution >= 4 is 11.9 Å². The van der Waals surface area contributed by atoms with Crippen molar-refractivity contribution in [3.8, 4) is 0 Å². The van der Waals surface area contributed by atoms with Gasteiger partial charge in [0, 0.05) is 12.8 Å². The van der Waals surface area contributed by atoms with Gasteiger partial charge in [0.2, 0.25) is 0 Å². The zero-order valence-electron chi connectivity index (χ0n) is 46.5. The Morgan fingerprint density at radius 3 is 0.943 bits per heavy atom. The van der Waals surface area contributed by atoms with Gasteiger partial charge >= 0.3 is 11.9 Å². The molecule has 0 aliphatic carbocycles. The van der Waals surface area contributed by atoms with Crippen molar-refractivity contribution in [2.24, 2.45) is 0 Å². The monoisotopic (exact) mass is 977 g/mol. The molecule has 1 N–H and O–H groups in total. The molecule has 1 atom stereocenters. The lowest BCUT2D eigenvalue weighted by Gasteiger charge is -2.15. The van der Waals surface area contributed by atoms with Gasteiger partial charge in [0.05, 0.1) is 6.61 Å². The van der Waals surface area contributed by atoms with Gasteiger partial charge in [-0.05, 0) is 83.5 Å². The number of allylic oxidation sites excluding steroid dienone is 12. The van der Waals surface area contributed by atoms with Crippen LogP contribution in [0.3, 0.4) is 0 Å². The molecule has 0 amide bonds. The topological polar surface area (TPSA) is 72.8 Å². The standard InChI is InChI=1S/C65H116O5/c1-3-5-7-9-11-13-15-17-19-21-23-25-27-28-29-30-31-32-33-34-35-36-38-39-41-43-45-47-49-51-53-55-57-59-64(67)69-62-63(61-66)70-65(68)60-58-56-54-52-50-48-46-44-42-40-37-26-24-22-20-18-16-14-12-10-8-6-4-2/h6,8,12,14,18,20-21,23-24,26,40,42,63,66H,3-5,7,9-11,13,15-17,19,22,25,27-39,41,43-62H2,1-2H3/b8-6-,14-12-,20-18-,23-21-,26-24-,42-40-. The van der Waals surface area contributed by atoms with Crippen molar-refractivity contribution in [1.82, 2.24) is 0 Å². The number of esters is 2. The fraction of sp³-hybridized carbons (Fsp3) is 0.785. The van der Waals surface area contributed by atoms with Crippen LogP contribution in [0.1, 0.15) is 309 Å². The number of unbranched alkanes of at least 4 members (excludes halogenated alkanes) is 36. The van der Waals surface area contributed by atoms with E-state index in [1.807, 2.05) is 0 Å². The van der Waals surface area contributed by atoms with E-state index in [9.17, 15) is 14.7 Å². The number of carbonyl (C=O) groups excluding carboxylic acids is 2. The fourth-order valence-corrected chi connectivity index (χ4v) is 8.93. The molecule has 1 unspecified atom stereocenters. The van der Waals surface area contributed by atoms with Crippen molar-refractivity contribution in [2.75, 3.05) is 13.2 Å². The van der Waals surface area contributed by atoms with E-state index in [0.717, 1.165) is 77.0 Å². The first kappa shape index (κ1) is 67.3. The maximum Gasteiger partial charge on any atom is 0.306 e. The first-order valence-electron chi connectivity index (χ1n) is 30.5. The predicted molar refractivity (Wildman–Crippen MR) is 306 cm³/mol. The van der Waals surface area contributed by atoms with Gasteiger partial charge in [-0.15, -0.1) is 0 Å². The second-order valence-electron chi connectivity index (χ2n) is 20.4. The summed E-state index contributed by atoms with van der Waals surface area (Å²) >= 11 is 0. The van der Waals surface area contributed by atoms with Crippen LogP contribution in [0.25, 0.3) is 0 Å². The normalized spacial score (nSPS) is 12.7. The largest absolute Gasteiger partial charge is 0.462 e. The van der Waals surface area contributed by atoms with Gasteiger partial charge in [-0.2, -0.15) is 0 Å². The summed E-state index contributed by atoms with van der Waals surface area (Å²) < 4.78 is 10.7. The summed E-state index contributed by atoms with van der Waals surface area (Å²) in [6, 6.07) is 0. The zero-order valence-corrected chi connectivity index (χ0v) is 46.5. The van der Waals surface area contributed by atoms with E-state index in [-0.39, 0.29) is 25.2 Å². The van der Waals surface area contributed by atoms with E-state index in [2.05, 4.69) is 86.8 Å². The molecule has 0 aliphatic rings. The molecule has 0 radical (unpaired) electrons. The molecule has 0 aliphatic heterocycles. The third-order valence-corrected chi connectivity index (χ3v) is 13.5. The van der Waals surface area contributed by atoms with Crippen LogP contribution in [-0.4, -0.2) is 36.4 Å². The maximum atomic E-state index is 12.3. The van der Waals surface area contributed by atoms with Crippen molar-refractivity contribution in [3.63, 3.8) is 0 Å². The molecule has 0 aromatic rings. The van der Waals surface area contributed by atoms with Crippen LogP contribution in [0.5, 0.6) is 0 Å². The number of aliphatic hydroxyl groups is 1. The zero-order chi connectivity index (χ0) is 50.6. The summed E-state index contributed by atoms with van der Waals surface area (Å²) in [7, 11) is 0. The Kier molecular flexibility index (Phi) is 58.3. The van der Waals surface area contributed by atoms with Crippen molar-refractivity contribution in [3.05, 3.63) is 72.9 Å². The highest BCUT2D eigenvalue weighted by atomic mass is 16.6. The van der Waals surface area contributed by atoms with Gasteiger partial charge in [-0.3, -0.25) is 9.59 Å². The Morgan fingerprint density at radius 2 is 0.614 bits per heavy atom. The number of hydrogen-bond donors (Lipinski definition) is 1. The minimum atomic E-state index is -0.781. The van der Waals surface area contributed by atoms with E-state index >= 15 is 0 Å². The molecular formula is C65H116O5. The average Bonchev–Trinajstić information content (AvgIpc) is 3.36. The number of aliphatic hydroxyl groups excluding tert-OH is 1. The second-order valence-corrected chi connectivity index (χ2v) is 20.4. The van der Waals surface area contributed by atoms with E-state index in [0.29, 0.717) is 12.8 Å². The minimum absolute atomic E-state index is 0.0704. The average molecular weight is 978 g/mol. The highest BCUT2D eigenvalue weighted by Crippen LogP contribution is 2.17. The molecule has 5 nitrogen and oxygen atoms in total. The summed E-state index contributed by atoms with van der Waals surface area (Å²) in [6.07, 6.45) is 83.3. The van der Waals surface area contributed by atoms with Crippen LogP contribution in [-0.2, 0) is 19.1 Å². The van der Waals surface area contributed by atoms with Crippen LogP contribution >= 0.6 is 0 Å². The lowest BCUT2D eigenvalue weighted by atomic mass is 10.0. The summed E-state index contributed by atoms with van der Waals surface area (Å²) in [5.74, 6) is -0.594. The molecule has 0 heterocycles. The van der Waals surface area contributed by atoms with Crippen LogP contribution in [0.4, 0.5) is 0 Å². The van der Waals surface area contributed by atoms with E-state index in [1.165, 1.54) is 205 Å². The fourth-order valence-electron chi connectivity index (χ4n) is 8.93. The van der Waals surface area contributed by atoms with Gasteiger partial charge in [0.1, 0.15) is 6.61 Å². The molecule has 70 heavy (non-hydrogen) atoms. The summed E-state index contributed by atoms with van der Waals surface area (Å²) in [6.45, 7) is 4.05. The predicted octanol–water partition coefficient (Wildman–Crippen LogP) is 20.8. The number of carbonyl (C=O) groups is 2. The van der Waals surface area contributed by atoms with Gasteiger partial charge in [-0.1, -0.05) is 286 Å². The SMILES string of the molecule is CC/C=C\C/C=C\C/C=C\C/C=C\C/C=C\CCCCCCCCCC(=O)OC(CO)COC(=O)CCCCCCCCCCCCCCCCCCCCCCC/C=C\CCCCCCCCCC. The van der Waals surface area contributed by atoms with Gasteiger partial charge < -0.3 is 14.6 Å². The minimum Gasteiger partial charge on any atom is -0.462 e. The van der Waals surface area contributed by atoms with Crippen molar-refractivity contribution in [2.45, 2.75) is 315 Å². The third-order valence-electron chi connectivity index (χ3n) is 13.5. The van der Waals surface area contributed by atoms with Crippen molar-refractivity contribution < 1.29 is 24.2 Å². The summed E-state index contributed by atoms with van der Waals surface area (Å²) in [5, 5.41) is 9.66. The molecule has 0 rings (SSSR count). The van der Waals surface area contributed by atoms with Crippen molar-refractivity contribution in [1.29, 1.82) is 0 Å². The van der Waals surface area contributed by atoms with E-state index in [1.54, 1.807) is 0 Å². The number of rotatable bonds is 56. The maximum absolute atomic E-state index is 12.3. The quantitative estimate of drug-likeness (QED) is 0.0373. The Labute approximate surface area is 435 Å². The van der Waals surface area contributed by atoms with Gasteiger partial charge in [0.25, 0.3) is 0 Å². The molecule has 0 bridgehead atoms. The number of ether oxygens (including phenoxy) is 2. The van der Waals surface area contributed by atoms with Crippen LogP contribution in [0.15, 0.2) is 72.9 Å². The third kappa shape index (κ3) is 57.9. The Bertz CT molecular complexity index is 1240. The Balaban J connectivity index is 3.45. The van der Waals surface area contributed by atoms with Crippen LogP contribution < -0.4 is 0 Å². The molecule has 0 saturated carbocycles.